The Labute approximate surface area is 154 Å². The maximum Gasteiger partial charge on any atom is 0.257 e. The molecule has 0 aromatic heterocycles. The lowest BCUT2D eigenvalue weighted by Crippen LogP contribution is -2.52. The summed E-state index contributed by atoms with van der Waals surface area (Å²) in [4.78, 5) is 29.0. The molecule has 0 saturated carbocycles. The average Bonchev–Trinajstić information content (AvgIpc) is 2.61. The van der Waals surface area contributed by atoms with E-state index in [0.29, 0.717) is 42.5 Å². The summed E-state index contributed by atoms with van der Waals surface area (Å²) in [6.45, 7) is 8.15. The highest BCUT2D eigenvalue weighted by atomic mass is 35.5. The van der Waals surface area contributed by atoms with Crippen LogP contribution in [-0.2, 0) is 4.79 Å². The molecule has 2 rings (SSSR count). The number of amides is 2. The Hall–Kier alpha value is -1.75. The second-order valence-electron chi connectivity index (χ2n) is 6.43. The quantitative estimate of drug-likeness (QED) is 0.802. The van der Waals surface area contributed by atoms with Crippen LogP contribution in [0.15, 0.2) is 12.1 Å². The van der Waals surface area contributed by atoms with E-state index in [2.05, 4.69) is 0 Å². The first-order valence-corrected chi connectivity index (χ1v) is 9.22. The average molecular weight is 367 g/mol. The molecule has 1 aliphatic heterocycles. The van der Waals surface area contributed by atoms with Gasteiger partial charge in [-0.25, -0.2) is 0 Å². The number of rotatable bonds is 5. The number of hydrogen-bond donors (Lipinski definition) is 0. The van der Waals surface area contributed by atoms with Crippen LogP contribution < -0.4 is 4.74 Å². The molecule has 0 radical (unpaired) electrons. The third-order valence-electron chi connectivity index (χ3n) is 4.89. The molecule has 138 valence electrons. The summed E-state index contributed by atoms with van der Waals surface area (Å²) in [5, 5.41) is 0.518. The van der Waals surface area contributed by atoms with E-state index in [1.807, 2.05) is 25.7 Å². The summed E-state index contributed by atoms with van der Waals surface area (Å²) in [6, 6.07) is 3.43. The first-order valence-electron chi connectivity index (χ1n) is 8.85. The largest absolute Gasteiger partial charge is 0.496 e. The second kappa shape index (κ2) is 8.56. The van der Waals surface area contributed by atoms with E-state index in [0.717, 1.165) is 18.4 Å². The molecule has 25 heavy (non-hydrogen) atoms. The Morgan fingerprint density at radius 3 is 2.20 bits per heavy atom. The lowest BCUT2D eigenvalue weighted by Gasteiger charge is -2.36. The van der Waals surface area contributed by atoms with Crippen LogP contribution in [-0.4, -0.2) is 54.9 Å². The normalized spacial score (nSPS) is 14.8. The van der Waals surface area contributed by atoms with E-state index in [4.69, 9.17) is 16.3 Å². The Kier molecular flexibility index (Phi) is 6.71. The van der Waals surface area contributed by atoms with Gasteiger partial charge in [-0.1, -0.05) is 25.4 Å². The molecule has 1 heterocycles. The predicted molar refractivity (Wildman–Crippen MR) is 99.3 cm³/mol. The molecule has 5 nitrogen and oxygen atoms in total. The van der Waals surface area contributed by atoms with Crippen LogP contribution in [0.25, 0.3) is 0 Å². The first kappa shape index (κ1) is 19.6. The van der Waals surface area contributed by atoms with Crippen molar-refractivity contribution in [1.29, 1.82) is 0 Å². The van der Waals surface area contributed by atoms with E-state index in [1.54, 1.807) is 24.1 Å². The summed E-state index contributed by atoms with van der Waals surface area (Å²) >= 11 is 6.11. The SMILES string of the molecule is CCC(CC)C(=O)N1CCN(C(=O)c2cc(Cl)cc(C)c2OC)CC1. The minimum absolute atomic E-state index is 0.0814. The van der Waals surface area contributed by atoms with Crippen LogP contribution in [0.2, 0.25) is 5.02 Å². The number of carbonyl (C=O) groups excluding carboxylic acids is 2. The van der Waals surface area contributed by atoms with E-state index < -0.39 is 0 Å². The summed E-state index contributed by atoms with van der Waals surface area (Å²) in [5.74, 6) is 0.744. The molecule has 0 bridgehead atoms. The van der Waals surface area contributed by atoms with Gasteiger partial charge in [0.15, 0.2) is 0 Å². The Bertz CT molecular complexity index is 636. The maximum absolute atomic E-state index is 12.9. The molecule has 1 aliphatic rings. The maximum atomic E-state index is 12.9. The van der Waals surface area contributed by atoms with Crippen molar-refractivity contribution in [3.05, 3.63) is 28.3 Å². The van der Waals surface area contributed by atoms with Gasteiger partial charge in [-0.05, 0) is 37.5 Å². The third kappa shape index (κ3) is 4.27. The van der Waals surface area contributed by atoms with Gasteiger partial charge in [0, 0.05) is 37.1 Å². The van der Waals surface area contributed by atoms with Crippen LogP contribution >= 0.6 is 11.6 Å². The highest BCUT2D eigenvalue weighted by Gasteiger charge is 2.29. The van der Waals surface area contributed by atoms with Crippen LogP contribution in [0, 0.1) is 12.8 Å². The molecule has 0 unspecified atom stereocenters. The van der Waals surface area contributed by atoms with Gasteiger partial charge in [0.1, 0.15) is 5.75 Å². The Balaban J connectivity index is 2.09. The van der Waals surface area contributed by atoms with Gasteiger partial charge < -0.3 is 14.5 Å². The van der Waals surface area contributed by atoms with Crippen molar-refractivity contribution >= 4 is 23.4 Å². The van der Waals surface area contributed by atoms with Gasteiger partial charge >= 0.3 is 0 Å². The number of ether oxygens (including phenoxy) is 1. The standard InChI is InChI=1S/C19H27ClN2O3/c1-5-14(6-2)18(23)21-7-9-22(10-8-21)19(24)16-12-15(20)11-13(3)17(16)25-4/h11-12,14H,5-10H2,1-4H3. The van der Waals surface area contributed by atoms with E-state index in [9.17, 15) is 9.59 Å². The molecule has 1 fully saturated rings. The molecule has 1 aromatic rings. The zero-order valence-corrected chi connectivity index (χ0v) is 16.2. The molecule has 6 heteroatoms. The fraction of sp³-hybridized carbons (Fsp3) is 0.579. The molecule has 2 amide bonds. The van der Waals surface area contributed by atoms with E-state index >= 15 is 0 Å². The summed E-state index contributed by atoms with van der Waals surface area (Å²) in [5.41, 5.74) is 1.31. The van der Waals surface area contributed by atoms with Crippen LogP contribution in [0.5, 0.6) is 5.75 Å². The van der Waals surface area contributed by atoms with Crippen LogP contribution in [0.4, 0.5) is 0 Å². The second-order valence-corrected chi connectivity index (χ2v) is 6.87. The van der Waals surface area contributed by atoms with Gasteiger partial charge in [0.2, 0.25) is 5.91 Å². The number of carbonyl (C=O) groups is 2. The zero-order valence-electron chi connectivity index (χ0n) is 15.5. The van der Waals surface area contributed by atoms with Crippen molar-refractivity contribution in [3.63, 3.8) is 0 Å². The smallest absolute Gasteiger partial charge is 0.257 e. The predicted octanol–water partition coefficient (Wildman–Crippen LogP) is 3.38. The first-order chi connectivity index (χ1) is 11.9. The van der Waals surface area contributed by atoms with Gasteiger partial charge in [-0.15, -0.1) is 0 Å². The summed E-state index contributed by atoms with van der Waals surface area (Å²) < 4.78 is 5.39. The van der Waals surface area contributed by atoms with Gasteiger partial charge in [0.05, 0.1) is 12.7 Å². The number of halogens is 1. The lowest BCUT2D eigenvalue weighted by atomic mass is 10.0. The third-order valence-corrected chi connectivity index (χ3v) is 5.11. The molecule has 0 aliphatic carbocycles. The van der Waals surface area contributed by atoms with Gasteiger partial charge in [0.25, 0.3) is 5.91 Å². The van der Waals surface area contributed by atoms with Crippen LogP contribution in [0.3, 0.4) is 0 Å². The molecule has 0 N–H and O–H groups in total. The van der Waals surface area contributed by atoms with Crippen molar-refractivity contribution in [1.82, 2.24) is 9.80 Å². The van der Waals surface area contributed by atoms with Crippen molar-refractivity contribution < 1.29 is 14.3 Å². The number of benzene rings is 1. The fourth-order valence-corrected chi connectivity index (χ4v) is 3.63. The zero-order chi connectivity index (χ0) is 18.6. The molecule has 1 saturated heterocycles. The number of piperazine rings is 1. The Morgan fingerprint density at radius 1 is 1.12 bits per heavy atom. The fourth-order valence-electron chi connectivity index (χ4n) is 3.36. The monoisotopic (exact) mass is 366 g/mol. The minimum Gasteiger partial charge on any atom is -0.496 e. The minimum atomic E-state index is -0.0999. The highest BCUT2D eigenvalue weighted by Crippen LogP contribution is 2.29. The van der Waals surface area contributed by atoms with Gasteiger partial charge in [-0.3, -0.25) is 9.59 Å². The Morgan fingerprint density at radius 2 is 1.68 bits per heavy atom. The number of nitrogens with zero attached hydrogens (tertiary/aromatic N) is 2. The lowest BCUT2D eigenvalue weighted by molar-refractivity contribution is -0.137. The van der Waals surface area contributed by atoms with Gasteiger partial charge in [-0.2, -0.15) is 0 Å². The number of methoxy groups -OCH3 is 1. The van der Waals surface area contributed by atoms with Crippen LogP contribution in [0.1, 0.15) is 42.6 Å². The highest BCUT2D eigenvalue weighted by molar-refractivity contribution is 6.31. The van der Waals surface area contributed by atoms with E-state index in [-0.39, 0.29) is 17.7 Å². The molecule has 0 spiro atoms. The molecular formula is C19H27ClN2O3. The number of hydrogen-bond acceptors (Lipinski definition) is 3. The van der Waals surface area contributed by atoms with Crippen molar-refractivity contribution in [3.8, 4) is 5.75 Å². The summed E-state index contributed by atoms with van der Waals surface area (Å²) in [7, 11) is 1.55. The van der Waals surface area contributed by atoms with Crippen molar-refractivity contribution in [2.24, 2.45) is 5.92 Å². The molecule has 0 atom stereocenters. The molecular weight excluding hydrogens is 340 g/mol. The number of aryl methyl sites for hydroxylation is 1. The van der Waals surface area contributed by atoms with Crippen molar-refractivity contribution in [2.45, 2.75) is 33.6 Å². The van der Waals surface area contributed by atoms with E-state index in [1.165, 1.54) is 0 Å². The van der Waals surface area contributed by atoms with Crippen molar-refractivity contribution in [2.75, 3.05) is 33.3 Å². The summed E-state index contributed by atoms with van der Waals surface area (Å²) in [6.07, 6.45) is 1.71. The topological polar surface area (TPSA) is 49.9 Å². The molecule has 1 aromatic carbocycles.